The molecule has 1 amide bonds. The minimum absolute atomic E-state index is 0.0247. The first-order chi connectivity index (χ1) is 8.08. The maximum atomic E-state index is 12.3. The van der Waals surface area contributed by atoms with Gasteiger partial charge in [0.25, 0.3) is 0 Å². The molecule has 0 bridgehead atoms. The fourth-order valence-electron chi connectivity index (χ4n) is 2.82. The van der Waals surface area contributed by atoms with E-state index in [1.54, 1.807) is 0 Å². The van der Waals surface area contributed by atoms with Gasteiger partial charge in [0.1, 0.15) is 5.78 Å². The number of Topliss-reactive ketones (excluding diaryl/α,β-unsaturated/α-hetero) is 1. The molecule has 96 valence electrons. The number of nitrogens with zero attached hydrogens (tertiary/aromatic N) is 1. The molecule has 17 heavy (non-hydrogen) atoms. The van der Waals surface area contributed by atoms with Crippen molar-refractivity contribution in [1.82, 2.24) is 4.90 Å². The summed E-state index contributed by atoms with van der Waals surface area (Å²) in [5.41, 5.74) is 0. The minimum atomic E-state index is -0.374. The molecule has 4 nitrogen and oxygen atoms in total. The molecule has 3 atom stereocenters. The summed E-state index contributed by atoms with van der Waals surface area (Å²) < 4.78 is 5.60. The van der Waals surface area contributed by atoms with Gasteiger partial charge in [0, 0.05) is 19.5 Å². The average Bonchev–Trinajstić information content (AvgIpc) is 2.27. The monoisotopic (exact) mass is 239 g/mol. The van der Waals surface area contributed by atoms with Crippen molar-refractivity contribution < 1.29 is 14.3 Å². The van der Waals surface area contributed by atoms with Gasteiger partial charge in [0.2, 0.25) is 5.91 Å². The van der Waals surface area contributed by atoms with Crippen LogP contribution in [0.25, 0.3) is 0 Å². The Hall–Kier alpha value is -0.900. The van der Waals surface area contributed by atoms with Crippen LogP contribution in [0.1, 0.15) is 39.5 Å². The van der Waals surface area contributed by atoms with E-state index in [9.17, 15) is 9.59 Å². The zero-order chi connectivity index (χ0) is 12.4. The molecule has 2 fully saturated rings. The third-order valence-electron chi connectivity index (χ3n) is 3.58. The Morgan fingerprint density at radius 2 is 1.88 bits per heavy atom. The number of hydrogen-bond donors (Lipinski definition) is 0. The van der Waals surface area contributed by atoms with E-state index >= 15 is 0 Å². The van der Waals surface area contributed by atoms with Gasteiger partial charge in [-0.25, -0.2) is 0 Å². The lowest BCUT2D eigenvalue weighted by Gasteiger charge is -2.37. The van der Waals surface area contributed by atoms with E-state index in [1.165, 1.54) is 0 Å². The lowest BCUT2D eigenvalue weighted by Crippen LogP contribution is -2.51. The van der Waals surface area contributed by atoms with Crippen LogP contribution in [0.3, 0.4) is 0 Å². The third kappa shape index (κ3) is 2.86. The fraction of sp³-hybridized carbons (Fsp3) is 0.846. The van der Waals surface area contributed by atoms with Gasteiger partial charge in [-0.15, -0.1) is 0 Å². The second kappa shape index (κ2) is 5.17. The highest BCUT2D eigenvalue weighted by Gasteiger charge is 2.35. The van der Waals surface area contributed by atoms with Crippen molar-refractivity contribution in [2.45, 2.75) is 51.7 Å². The summed E-state index contributed by atoms with van der Waals surface area (Å²) in [7, 11) is 0. The van der Waals surface area contributed by atoms with Gasteiger partial charge in [-0.1, -0.05) is 6.42 Å². The van der Waals surface area contributed by atoms with Crippen LogP contribution >= 0.6 is 0 Å². The standard InChI is InChI=1S/C13H21NO3/c1-9-7-14(8-10(2)17-9)13(16)11-5-3-4-6-12(11)15/h9-11H,3-8H2,1-2H3. The van der Waals surface area contributed by atoms with Gasteiger partial charge >= 0.3 is 0 Å². The zero-order valence-electron chi connectivity index (χ0n) is 10.6. The minimum Gasteiger partial charge on any atom is -0.372 e. The molecule has 0 spiro atoms. The number of hydrogen-bond acceptors (Lipinski definition) is 3. The molecule has 1 saturated carbocycles. The topological polar surface area (TPSA) is 46.6 Å². The number of ether oxygens (including phenoxy) is 1. The average molecular weight is 239 g/mol. The third-order valence-corrected chi connectivity index (χ3v) is 3.58. The predicted octanol–water partition coefficient (Wildman–Crippen LogP) is 1.38. The predicted molar refractivity (Wildman–Crippen MR) is 63.6 cm³/mol. The second-order valence-electron chi connectivity index (χ2n) is 5.27. The Kier molecular flexibility index (Phi) is 3.82. The number of amides is 1. The number of morpholine rings is 1. The smallest absolute Gasteiger partial charge is 0.233 e. The molecule has 2 rings (SSSR count). The molecular weight excluding hydrogens is 218 g/mol. The van der Waals surface area contributed by atoms with Crippen molar-refractivity contribution >= 4 is 11.7 Å². The van der Waals surface area contributed by atoms with Crippen molar-refractivity contribution in [3.05, 3.63) is 0 Å². The molecule has 1 aliphatic carbocycles. The molecule has 0 N–H and O–H groups in total. The highest BCUT2D eigenvalue weighted by molar-refractivity contribution is 6.01. The van der Waals surface area contributed by atoms with Crippen LogP contribution in [-0.2, 0) is 14.3 Å². The van der Waals surface area contributed by atoms with Crippen molar-refractivity contribution in [3.8, 4) is 0 Å². The Bertz CT molecular complexity index is 306. The summed E-state index contributed by atoms with van der Waals surface area (Å²) in [5, 5.41) is 0. The Morgan fingerprint density at radius 3 is 2.47 bits per heavy atom. The molecule has 1 aliphatic heterocycles. The van der Waals surface area contributed by atoms with Crippen LogP contribution in [0.4, 0.5) is 0 Å². The van der Waals surface area contributed by atoms with Crippen molar-refractivity contribution in [1.29, 1.82) is 0 Å². The number of rotatable bonds is 1. The second-order valence-corrected chi connectivity index (χ2v) is 5.27. The summed E-state index contributed by atoms with van der Waals surface area (Å²) >= 11 is 0. The van der Waals surface area contributed by atoms with Gasteiger partial charge < -0.3 is 9.64 Å². The fourth-order valence-corrected chi connectivity index (χ4v) is 2.82. The van der Waals surface area contributed by atoms with E-state index in [4.69, 9.17) is 4.74 Å². The number of carbonyl (C=O) groups excluding carboxylic acids is 2. The first-order valence-corrected chi connectivity index (χ1v) is 6.55. The molecule has 3 unspecified atom stereocenters. The number of carbonyl (C=O) groups is 2. The molecule has 0 aromatic rings. The van der Waals surface area contributed by atoms with Crippen LogP contribution < -0.4 is 0 Å². The molecule has 0 aromatic carbocycles. The summed E-state index contributed by atoms with van der Waals surface area (Å²) in [6, 6.07) is 0. The van der Waals surface area contributed by atoms with E-state index in [0.29, 0.717) is 19.5 Å². The van der Waals surface area contributed by atoms with Gasteiger partial charge in [0.05, 0.1) is 18.1 Å². The largest absolute Gasteiger partial charge is 0.372 e. The first kappa shape index (κ1) is 12.6. The van der Waals surface area contributed by atoms with Crippen molar-refractivity contribution in [2.24, 2.45) is 5.92 Å². The quantitative estimate of drug-likeness (QED) is 0.649. The summed E-state index contributed by atoms with van der Waals surface area (Å²) in [6.07, 6.45) is 3.39. The van der Waals surface area contributed by atoms with E-state index in [1.807, 2.05) is 18.7 Å². The highest BCUT2D eigenvalue weighted by atomic mass is 16.5. The normalized spacial score (nSPS) is 34.8. The lowest BCUT2D eigenvalue weighted by atomic mass is 9.86. The van der Waals surface area contributed by atoms with E-state index in [0.717, 1.165) is 19.3 Å². The van der Waals surface area contributed by atoms with Crippen LogP contribution in [0.2, 0.25) is 0 Å². The highest BCUT2D eigenvalue weighted by Crippen LogP contribution is 2.24. The van der Waals surface area contributed by atoms with Crippen LogP contribution in [0, 0.1) is 5.92 Å². The van der Waals surface area contributed by atoms with Gasteiger partial charge in [-0.05, 0) is 26.7 Å². The Morgan fingerprint density at radius 1 is 1.24 bits per heavy atom. The molecule has 4 heteroatoms. The summed E-state index contributed by atoms with van der Waals surface area (Å²) in [6.45, 7) is 5.18. The summed E-state index contributed by atoms with van der Waals surface area (Å²) in [5.74, 6) is -0.217. The Balaban J connectivity index is 2.00. The molecule has 1 saturated heterocycles. The van der Waals surface area contributed by atoms with Gasteiger partial charge in [-0.3, -0.25) is 9.59 Å². The maximum absolute atomic E-state index is 12.3. The van der Waals surface area contributed by atoms with Gasteiger partial charge in [0.15, 0.2) is 0 Å². The molecule has 2 aliphatic rings. The number of ketones is 1. The Labute approximate surface area is 102 Å². The van der Waals surface area contributed by atoms with Crippen LogP contribution in [0.5, 0.6) is 0 Å². The van der Waals surface area contributed by atoms with Crippen molar-refractivity contribution in [3.63, 3.8) is 0 Å². The maximum Gasteiger partial charge on any atom is 0.233 e. The SMILES string of the molecule is CC1CN(C(=O)C2CCCCC2=O)CC(C)O1. The van der Waals surface area contributed by atoms with E-state index < -0.39 is 0 Å². The van der Waals surface area contributed by atoms with Crippen molar-refractivity contribution in [2.75, 3.05) is 13.1 Å². The zero-order valence-corrected chi connectivity index (χ0v) is 10.6. The van der Waals surface area contributed by atoms with Gasteiger partial charge in [-0.2, -0.15) is 0 Å². The molecule has 1 heterocycles. The van der Waals surface area contributed by atoms with E-state index in [2.05, 4.69) is 0 Å². The first-order valence-electron chi connectivity index (χ1n) is 6.55. The van der Waals surface area contributed by atoms with E-state index in [-0.39, 0.29) is 29.8 Å². The van der Waals surface area contributed by atoms with Crippen LogP contribution in [-0.4, -0.2) is 41.9 Å². The summed E-state index contributed by atoms with van der Waals surface area (Å²) in [4.78, 5) is 25.9. The van der Waals surface area contributed by atoms with Crippen LogP contribution in [0.15, 0.2) is 0 Å². The molecule has 0 aromatic heterocycles. The lowest BCUT2D eigenvalue weighted by molar-refractivity contribution is -0.152. The molecular formula is C13H21NO3. The molecule has 0 radical (unpaired) electrons.